The molecule has 17 heavy (non-hydrogen) atoms. The molecule has 0 unspecified atom stereocenters. The van der Waals surface area contributed by atoms with Crippen LogP contribution in [0.4, 0.5) is 0 Å². The summed E-state index contributed by atoms with van der Waals surface area (Å²) >= 11 is 0. The van der Waals surface area contributed by atoms with Gasteiger partial charge in [0.15, 0.2) is 0 Å². The highest BCUT2D eigenvalue weighted by molar-refractivity contribution is 5.06. The first-order valence-electron chi connectivity index (χ1n) is 6.29. The van der Waals surface area contributed by atoms with Gasteiger partial charge in [-0.1, -0.05) is 28.5 Å². The van der Waals surface area contributed by atoms with E-state index in [-0.39, 0.29) is 0 Å². The lowest BCUT2D eigenvalue weighted by molar-refractivity contribution is 0.380. The average Bonchev–Trinajstić information content (AvgIpc) is 2.63. The molecule has 0 amide bonds. The molecule has 0 spiro atoms. The monoisotopic (exact) mass is 233 g/mol. The lowest BCUT2D eigenvalue weighted by Crippen LogP contribution is -1.82. The Balaban J connectivity index is 2.26. The summed E-state index contributed by atoms with van der Waals surface area (Å²) in [5.41, 5.74) is 3.82. The first-order chi connectivity index (χ1) is 8.08. The summed E-state index contributed by atoms with van der Waals surface area (Å²) in [5, 5.41) is 3.88. The Hall–Kier alpha value is -1.31. The van der Waals surface area contributed by atoms with E-state index in [2.05, 4.69) is 38.1 Å². The second-order valence-electron chi connectivity index (χ2n) is 4.84. The molecule has 0 N–H and O–H groups in total. The molecule has 0 aliphatic heterocycles. The Kier molecular flexibility index (Phi) is 5.75. The number of hydrogen-bond donors (Lipinski definition) is 0. The molecule has 0 saturated heterocycles. The van der Waals surface area contributed by atoms with E-state index in [4.69, 9.17) is 4.52 Å². The molecule has 1 aromatic rings. The Labute approximate surface area is 104 Å². The lowest BCUT2D eigenvalue weighted by atomic mass is 10.1. The van der Waals surface area contributed by atoms with Crippen molar-refractivity contribution in [3.8, 4) is 0 Å². The lowest BCUT2D eigenvalue weighted by Gasteiger charge is -1.98. The molecule has 2 nitrogen and oxygen atoms in total. The minimum atomic E-state index is 0.945. The van der Waals surface area contributed by atoms with Crippen molar-refractivity contribution in [1.29, 1.82) is 0 Å². The second kappa shape index (κ2) is 7.10. The second-order valence-corrected chi connectivity index (χ2v) is 4.84. The van der Waals surface area contributed by atoms with Crippen molar-refractivity contribution in [2.45, 2.75) is 53.4 Å². The van der Waals surface area contributed by atoms with Crippen molar-refractivity contribution >= 4 is 0 Å². The molecule has 1 rings (SSSR count). The quantitative estimate of drug-likeness (QED) is 0.671. The Morgan fingerprint density at radius 3 is 2.59 bits per heavy atom. The van der Waals surface area contributed by atoms with Crippen LogP contribution in [0, 0.1) is 6.92 Å². The number of aryl methyl sites for hydroxylation is 2. The highest BCUT2D eigenvalue weighted by atomic mass is 16.5. The third kappa shape index (κ3) is 6.10. The Morgan fingerprint density at radius 2 is 2.00 bits per heavy atom. The molecule has 0 saturated carbocycles. The maximum absolute atomic E-state index is 5.17. The van der Waals surface area contributed by atoms with Gasteiger partial charge in [0.05, 0.1) is 5.69 Å². The highest BCUT2D eigenvalue weighted by Gasteiger charge is 1.98. The number of nitrogens with zero attached hydrogens (tertiary/aromatic N) is 1. The molecule has 0 atom stereocenters. The van der Waals surface area contributed by atoms with Gasteiger partial charge in [0.2, 0.25) is 0 Å². The third-order valence-corrected chi connectivity index (χ3v) is 2.65. The van der Waals surface area contributed by atoms with Gasteiger partial charge in [-0.05, 0) is 47.0 Å². The number of rotatable bonds is 6. The van der Waals surface area contributed by atoms with Crippen molar-refractivity contribution in [2.24, 2.45) is 0 Å². The van der Waals surface area contributed by atoms with Crippen LogP contribution < -0.4 is 0 Å². The van der Waals surface area contributed by atoms with Crippen LogP contribution in [0.3, 0.4) is 0 Å². The van der Waals surface area contributed by atoms with Gasteiger partial charge in [-0.2, -0.15) is 0 Å². The van der Waals surface area contributed by atoms with Crippen LogP contribution in [0.1, 0.15) is 51.5 Å². The van der Waals surface area contributed by atoms with Gasteiger partial charge >= 0.3 is 0 Å². The molecule has 0 aliphatic rings. The number of allylic oxidation sites excluding steroid dienone is 4. The van der Waals surface area contributed by atoms with Crippen molar-refractivity contribution in [3.05, 3.63) is 40.8 Å². The predicted molar refractivity (Wildman–Crippen MR) is 72.0 cm³/mol. The fraction of sp³-hybridized carbons (Fsp3) is 0.533. The number of hydrogen-bond acceptors (Lipinski definition) is 2. The van der Waals surface area contributed by atoms with E-state index in [0.29, 0.717) is 0 Å². The normalized spacial score (nSPS) is 11.6. The molecule has 0 aliphatic carbocycles. The molecule has 94 valence electrons. The number of aromatic nitrogens is 1. The summed E-state index contributed by atoms with van der Waals surface area (Å²) in [5.74, 6) is 0.982. The fourth-order valence-corrected chi connectivity index (χ4v) is 1.69. The van der Waals surface area contributed by atoms with E-state index >= 15 is 0 Å². The van der Waals surface area contributed by atoms with E-state index in [1.165, 1.54) is 11.1 Å². The van der Waals surface area contributed by atoms with Crippen molar-refractivity contribution < 1.29 is 4.52 Å². The van der Waals surface area contributed by atoms with E-state index in [1.54, 1.807) is 0 Å². The Bertz CT molecular complexity index is 395. The third-order valence-electron chi connectivity index (χ3n) is 2.65. The standard InChI is InChI=1S/C15H23NO/c1-12(2)7-5-8-13(3)9-6-10-15-11-14(4)16-17-15/h7,9,11H,5-6,8,10H2,1-4H3. The zero-order valence-electron chi connectivity index (χ0n) is 11.4. The van der Waals surface area contributed by atoms with Gasteiger partial charge in [-0.25, -0.2) is 0 Å². The molecule has 1 heterocycles. The van der Waals surface area contributed by atoms with E-state index in [0.717, 1.165) is 37.1 Å². The molecule has 2 heteroatoms. The van der Waals surface area contributed by atoms with Crippen LogP contribution >= 0.6 is 0 Å². The van der Waals surface area contributed by atoms with Crippen LogP contribution in [0.2, 0.25) is 0 Å². The summed E-state index contributed by atoms with van der Waals surface area (Å²) < 4.78 is 5.17. The molecule has 1 aromatic heterocycles. The van der Waals surface area contributed by atoms with E-state index in [1.807, 2.05) is 13.0 Å². The summed E-state index contributed by atoms with van der Waals surface area (Å²) in [6.45, 7) is 8.44. The minimum absolute atomic E-state index is 0.945. The van der Waals surface area contributed by atoms with Crippen molar-refractivity contribution in [1.82, 2.24) is 5.16 Å². The summed E-state index contributed by atoms with van der Waals surface area (Å²) in [6.07, 6.45) is 8.87. The summed E-state index contributed by atoms with van der Waals surface area (Å²) in [4.78, 5) is 0. The van der Waals surface area contributed by atoms with Crippen LogP contribution in [-0.2, 0) is 6.42 Å². The maximum Gasteiger partial charge on any atom is 0.137 e. The van der Waals surface area contributed by atoms with Gasteiger partial charge in [-0.15, -0.1) is 0 Å². The molecule has 0 bridgehead atoms. The Morgan fingerprint density at radius 1 is 1.24 bits per heavy atom. The van der Waals surface area contributed by atoms with E-state index < -0.39 is 0 Å². The maximum atomic E-state index is 5.17. The zero-order valence-corrected chi connectivity index (χ0v) is 11.4. The van der Waals surface area contributed by atoms with Crippen LogP contribution in [0.15, 0.2) is 33.9 Å². The summed E-state index contributed by atoms with van der Waals surface area (Å²) in [6, 6.07) is 2.01. The summed E-state index contributed by atoms with van der Waals surface area (Å²) in [7, 11) is 0. The minimum Gasteiger partial charge on any atom is -0.361 e. The fourth-order valence-electron chi connectivity index (χ4n) is 1.69. The smallest absolute Gasteiger partial charge is 0.137 e. The van der Waals surface area contributed by atoms with Crippen LogP contribution in [0.5, 0.6) is 0 Å². The largest absolute Gasteiger partial charge is 0.361 e. The van der Waals surface area contributed by atoms with Crippen molar-refractivity contribution in [2.75, 3.05) is 0 Å². The van der Waals surface area contributed by atoms with Gasteiger partial charge in [0.25, 0.3) is 0 Å². The van der Waals surface area contributed by atoms with Gasteiger partial charge < -0.3 is 4.52 Å². The molecule has 0 fully saturated rings. The first kappa shape index (κ1) is 13.8. The molecule has 0 radical (unpaired) electrons. The predicted octanol–water partition coefficient (Wildman–Crippen LogP) is 4.61. The topological polar surface area (TPSA) is 26.0 Å². The van der Waals surface area contributed by atoms with Gasteiger partial charge in [0.1, 0.15) is 5.76 Å². The average molecular weight is 233 g/mol. The van der Waals surface area contributed by atoms with Gasteiger partial charge in [0, 0.05) is 12.5 Å². The molecular formula is C15H23NO. The highest BCUT2D eigenvalue weighted by Crippen LogP contribution is 2.10. The van der Waals surface area contributed by atoms with Gasteiger partial charge in [-0.3, -0.25) is 0 Å². The first-order valence-corrected chi connectivity index (χ1v) is 6.29. The van der Waals surface area contributed by atoms with E-state index in [9.17, 15) is 0 Å². The van der Waals surface area contributed by atoms with Crippen LogP contribution in [-0.4, -0.2) is 5.16 Å². The van der Waals surface area contributed by atoms with Crippen molar-refractivity contribution in [3.63, 3.8) is 0 Å². The molecular weight excluding hydrogens is 210 g/mol. The molecule has 0 aromatic carbocycles. The SMILES string of the molecule is CC(C)=CCCC(C)=CCCc1cc(C)no1. The van der Waals surface area contributed by atoms with Crippen LogP contribution in [0.25, 0.3) is 0 Å². The zero-order chi connectivity index (χ0) is 12.7.